The molecule has 21 heavy (non-hydrogen) atoms. The Kier molecular flexibility index (Phi) is 5.59. The van der Waals surface area contributed by atoms with Crippen molar-refractivity contribution in [3.63, 3.8) is 0 Å². The van der Waals surface area contributed by atoms with Gasteiger partial charge in [0, 0.05) is 6.04 Å². The van der Waals surface area contributed by atoms with Crippen LogP contribution in [0.1, 0.15) is 16.7 Å². The van der Waals surface area contributed by atoms with Crippen LogP contribution < -0.4 is 11.3 Å². The van der Waals surface area contributed by atoms with Crippen molar-refractivity contribution in [1.82, 2.24) is 5.43 Å². The summed E-state index contributed by atoms with van der Waals surface area (Å²) in [5, 5.41) is 1.05. The molecule has 0 aliphatic carbocycles. The minimum absolute atomic E-state index is 0.0113. The van der Waals surface area contributed by atoms with Gasteiger partial charge >= 0.3 is 0 Å². The molecular formula is C16H17Cl2FN2. The highest BCUT2D eigenvalue weighted by Gasteiger charge is 2.12. The fraction of sp³-hybridized carbons (Fsp3) is 0.250. The summed E-state index contributed by atoms with van der Waals surface area (Å²) in [5.74, 6) is 5.39. The third kappa shape index (κ3) is 4.42. The molecule has 2 nitrogen and oxygen atoms in total. The van der Waals surface area contributed by atoms with E-state index in [1.807, 2.05) is 19.1 Å². The zero-order chi connectivity index (χ0) is 15.4. The molecule has 3 N–H and O–H groups in total. The molecule has 0 spiro atoms. The fourth-order valence-electron chi connectivity index (χ4n) is 2.27. The highest BCUT2D eigenvalue weighted by atomic mass is 35.5. The van der Waals surface area contributed by atoms with E-state index in [1.54, 1.807) is 18.2 Å². The second-order valence-corrected chi connectivity index (χ2v) is 5.91. The standard InChI is InChI=1S/C16H17Cl2FN2/c1-10-2-4-13(19)8-12(10)9-14(21-20)6-11-3-5-15(17)16(18)7-11/h2-5,7-8,14,21H,6,9,20H2,1H3. The number of benzene rings is 2. The molecule has 0 aliphatic heterocycles. The number of rotatable bonds is 5. The summed E-state index contributed by atoms with van der Waals surface area (Å²) < 4.78 is 13.3. The van der Waals surface area contributed by atoms with Crippen molar-refractivity contribution in [1.29, 1.82) is 0 Å². The van der Waals surface area contributed by atoms with E-state index >= 15 is 0 Å². The van der Waals surface area contributed by atoms with E-state index in [4.69, 9.17) is 29.0 Å². The van der Waals surface area contributed by atoms with Gasteiger partial charge in [-0.2, -0.15) is 0 Å². The number of halogens is 3. The number of nitrogens with one attached hydrogen (secondary N) is 1. The molecule has 0 saturated carbocycles. The van der Waals surface area contributed by atoms with Gasteiger partial charge in [-0.15, -0.1) is 0 Å². The molecule has 2 aromatic carbocycles. The lowest BCUT2D eigenvalue weighted by Crippen LogP contribution is -2.38. The maximum atomic E-state index is 13.3. The molecule has 0 saturated heterocycles. The molecule has 1 unspecified atom stereocenters. The lowest BCUT2D eigenvalue weighted by molar-refractivity contribution is 0.519. The molecule has 5 heteroatoms. The second-order valence-electron chi connectivity index (χ2n) is 5.09. The summed E-state index contributed by atoms with van der Waals surface area (Å²) in [6.07, 6.45) is 1.32. The van der Waals surface area contributed by atoms with E-state index in [0.717, 1.165) is 16.7 Å². The van der Waals surface area contributed by atoms with Gasteiger partial charge in [0.1, 0.15) is 5.82 Å². The molecule has 0 aromatic heterocycles. The fourth-order valence-corrected chi connectivity index (χ4v) is 2.59. The van der Waals surface area contributed by atoms with Gasteiger partial charge < -0.3 is 0 Å². The van der Waals surface area contributed by atoms with E-state index in [2.05, 4.69) is 5.43 Å². The molecule has 0 amide bonds. The van der Waals surface area contributed by atoms with Crippen LogP contribution in [0.4, 0.5) is 4.39 Å². The predicted octanol–water partition coefficient (Wildman–Crippen LogP) is 4.06. The third-order valence-corrected chi connectivity index (χ3v) is 4.22. The Hall–Kier alpha value is -1.13. The van der Waals surface area contributed by atoms with Crippen LogP contribution in [0.15, 0.2) is 36.4 Å². The van der Waals surface area contributed by atoms with E-state index < -0.39 is 0 Å². The van der Waals surface area contributed by atoms with Gasteiger partial charge in [0.25, 0.3) is 0 Å². The lowest BCUT2D eigenvalue weighted by Gasteiger charge is -2.17. The van der Waals surface area contributed by atoms with Crippen molar-refractivity contribution in [3.05, 3.63) is 69.0 Å². The monoisotopic (exact) mass is 326 g/mol. The van der Waals surface area contributed by atoms with Gasteiger partial charge in [0.15, 0.2) is 0 Å². The average Bonchev–Trinajstić information content (AvgIpc) is 2.46. The first kappa shape index (κ1) is 16.2. The quantitative estimate of drug-likeness (QED) is 0.642. The molecule has 112 valence electrons. The first-order valence-corrected chi connectivity index (χ1v) is 7.40. The van der Waals surface area contributed by atoms with Crippen molar-refractivity contribution in [3.8, 4) is 0 Å². The molecule has 2 aromatic rings. The Balaban J connectivity index is 2.12. The Labute approximate surface area is 134 Å². The minimum atomic E-state index is -0.235. The first-order valence-electron chi connectivity index (χ1n) is 6.64. The van der Waals surface area contributed by atoms with Crippen LogP contribution in [0.25, 0.3) is 0 Å². The molecule has 2 rings (SSSR count). The molecule has 0 aliphatic rings. The molecule has 0 fully saturated rings. The molecule has 0 bridgehead atoms. The van der Waals surface area contributed by atoms with Gasteiger partial charge in [-0.05, 0) is 60.7 Å². The maximum Gasteiger partial charge on any atom is 0.123 e. The summed E-state index contributed by atoms with van der Waals surface area (Å²) >= 11 is 11.9. The van der Waals surface area contributed by atoms with Crippen LogP contribution in [0.3, 0.4) is 0 Å². The maximum absolute atomic E-state index is 13.3. The van der Waals surface area contributed by atoms with Gasteiger partial charge in [-0.25, -0.2) is 4.39 Å². The van der Waals surface area contributed by atoms with Gasteiger partial charge in [0.05, 0.1) is 10.0 Å². The summed E-state index contributed by atoms with van der Waals surface area (Å²) in [7, 11) is 0. The SMILES string of the molecule is Cc1ccc(F)cc1CC(Cc1ccc(Cl)c(Cl)c1)NN. The number of hydrazine groups is 1. The molecular weight excluding hydrogens is 310 g/mol. The van der Waals surface area contributed by atoms with Gasteiger partial charge in [0.2, 0.25) is 0 Å². The first-order chi connectivity index (χ1) is 9.99. The van der Waals surface area contributed by atoms with Crippen molar-refractivity contribution in [2.45, 2.75) is 25.8 Å². The highest BCUT2D eigenvalue weighted by Crippen LogP contribution is 2.23. The zero-order valence-corrected chi connectivity index (χ0v) is 13.2. The molecule has 1 atom stereocenters. The Morgan fingerprint density at radius 2 is 1.86 bits per heavy atom. The van der Waals surface area contributed by atoms with E-state index in [9.17, 15) is 4.39 Å². The van der Waals surface area contributed by atoms with Crippen molar-refractivity contribution in [2.24, 2.45) is 5.84 Å². The van der Waals surface area contributed by atoms with E-state index in [-0.39, 0.29) is 11.9 Å². The highest BCUT2D eigenvalue weighted by molar-refractivity contribution is 6.42. The molecule has 0 radical (unpaired) electrons. The van der Waals surface area contributed by atoms with Crippen LogP contribution in [0.5, 0.6) is 0 Å². The van der Waals surface area contributed by atoms with Crippen molar-refractivity contribution >= 4 is 23.2 Å². The van der Waals surface area contributed by atoms with E-state index in [1.165, 1.54) is 6.07 Å². The summed E-state index contributed by atoms with van der Waals surface area (Å²) in [6.45, 7) is 1.96. The van der Waals surface area contributed by atoms with Crippen LogP contribution in [-0.4, -0.2) is 6.04 Å². The van der Waals surface area contributed by atoms with Crippen molar-refractivity contribution in [2.75, 3.05) is 0 Å². The topological polar surface area (TPSA) is 38.0 Å². The van der Waals surface area contributed by atoms with Gasteiger partial charge in [-0.1, -0.05) is 35.3 Å². The van der Waals surface area contributed by atoms with Crippen molar-refractivity contribution < 1.29 is 4.39 Å². The average molecular weight is 327 g/mol. The smallest absolute Gasteiger partial charge is 0.123 e. The van der Waals surface area contributed by atoms with Crippen LogP contribution >= 0.6 is 23.2 Å². The Morgan fingerprint density at radius 1 is 1.10 bits per heavy atom. The van der Waals surface area contributed by atoms with Crippen LogP contribution in [-0.2, 0) is 12.8 Å². The third-order valence-electron chi connectivity index (χ3n) is 3.48. The lowest BCUT2D eigenvalue weighted by atomic mass is 9.96. The van der Waals surface area contributed by atoms with Gasteiger partial charge in [-0.3, -0.25) is 11.3 Å². The minimum Gasteiger partial charge on any atom is -0.271 e. The number of hydrogen-bond donors (Lipinski definition) is 2. The largest absolute Gasteiger partial charge is 0.271 e. The predicted molar refractivity (Wildman–Crippen MR) is 86.1 cm³/mol. The molecule has 0 heterocycles. The zero-order valence-electron chi connectivity index (χ0n) is 11.7. The number of hydrogen-bond acceptors (Lipinski definition) is 2. The Morgan fingerprint density at radius 3 is 2.52 bits per heavy atom. The van der Waals surface area contributed by atoms with Crippen LogP contribution in [0.2, 0.25) is 10.0 Å². The second kappa shape index (κ2) is 7.23. The summed E-state index contributed by atoms with van der Waals surface area (Å²) in [6, 6.07) is 10.3. The normalized spacial score (nSPS) is 12.4. The summed E-state index contributed by atoms with van der Waals surface area (Å²) in [4.78, 5) is 0. The number of aryl methyl sites for hydroxylation is 1. The number of nitrogens with two attached hydrogens (primary N) is 1. The van der Waals surface area contributed by atoms with Crippen LogP contribution in [0, 0.1) is 12.7 Å². The summed E-state index contributed by atoms with van der Waals surface area (Å²) in [5.41, 5.74) is 5.80. The van der Waals surface area contributed by atoms with E-state index in [0.29, 0.717) is 22.9 Å². The Bertz CT molecular complexity index is 632.